The summed E-state index contributed by atoms with van der Waals surface area (Å²) in [5, 5.41) is 9.82. The van der Waals surface area contributed by atoms with Crippen molar-refractivity contribution in [3.8, 4) is 6.07 Å². The van der Waals surface area contributed by atoms with Crippen LogP contribution in [-0.4, -0.2) is 29.7 Å². The molecular formula is C21H28N2O2. The number of likely N-dealkylation sites (tertiary alicyclic amines) is 1. The zero-order valence-corrected chi connectivity index (χ0v) is 15.5. The molecule has 0 spiro atoms. The Hall–Kier alpha value is -2.02. The number of nitriles is 1. The molecule has 0 bridgehead atoms. The molecule has 0 unspecified atom stereocenters. The van der Waals surface area contributed by atoms with Gasteiger partial charge in [0.2, 0.25) is 0 Å². The molecule has 1 aliphatic heterocycles. The van der Waals surface area contributed by atoms with Gasteiger partial charge in [0.1, 0.15) is 5.60 Å². The van der Waals surface area contributed by atoms with E-state index in [0.717, 1.165) is 12.3 Å². The Morgan fingerprint density at radius 1 is 1.32 bits per heavy atom. The van der Waals surface area contributed by atoms with Gasteiger partial charge in [-0.15, -0.1) is 0 Å². The van der Waals surface area contributed by atoms with Crippen LogP contribution < -0.4 is 0 Å². The number of nitrogens with zero attached hydrogens (tertiary/aromatic N) is 2. The molecule has 0 atom stereocenters. The van der Waals surface area contributed by atoms with E-state index < -0.39 is 5.60 Å². The third-order valence-corrected chi connectivity index (χ3v) is 5.15. The van der Waals surface area contributed by atoms with E-state index in [0.29, 0.717) is 25.9 Å². The van der Waals surface area contributed by atoms with Gasteiger partial charge in [0.25, 0.3) is 0 Å². The third kappa shape index (κ3) is 4.54. The van der Waals surface area contributed by atoms with Gasteiger partial charge in [0, 0.05) is 13.1 Å². The minimum absolute atomic E-state index is 0.269. The second-order valence-corrected chi connectivity index (χ2v) is 8.56. The minimum Gasteiger partial charge on any atom is -0.444 e. The molecule has 25 heavy (non-hydrogen) atoms. The van der Waals surface area contributed by atoms with E-state index in [2.05, 4.69) is 30.3 Å². The molecule has 1 amide bonds. The predicted octanol–water partition coefficient (Wildman–Crippen LogP) is 4.65. The highest BCUT2D eigenvalue weighted by molar-refractivity contribution is 5.68. The van der Waals surface area contributed by atoms with Crippen LogP contribution in [-0.2, 0) is 11.2 Å². The van der Waals surface area contributed by atoms with Gasteiger partial charge in [0.05, 0.1) is 11.5 Å². The highest BCUT2D eigenvalue weighted by atomic mass is 16.6. The molecule has 134 valence electrons. The predicted molar refractivity (Wildman–Crippen MR) is 97.2 cm³/mol. The van der Waals surface area contributed by atoms with Crippen molar-refractivity contribution < 1.29 is 9.53 Å². The molecule has 1 aliphatic carbocycles. The number of ether oxygens (including phenoxy) is 1. The van der Waals surface area contributed by atoms with Crippen LogP contribution in [0.15, 0.2) is 24.3 Å². The fourth-order valence-corrected chi connectivity index (χ4v) is 3.54. The van der Waals surface area contributed by atoms with Crippen molar-refractivity contribution in [2.24, 2.45) is 5.41 Å². The average Bonchev–Trinajstić information content (AvgIpc) is 3.39. The standard InChI is InChI=1S/C21H28N2O2/c1-20(2,3)25-19(24)23-11-9-21(15-22,10-12-23)14-16-5-4-6-18(13-16)17-7-8-17/h4-6,13,17H,7-12,14H2,1-3H3. The summed E-state index contributed by atoms with van der Waals surface area (Å²) in [6.07, 6.45) is 4.49. The third-order valence-electron chi connectivity index (χ3n) is 5.15. The Balaban J connectivity index is 1.62. The molecule has 4 nitrogen and oxygen atoms in total. The Labute approximate surface area is 150 Å². The van der Waals surface area contributed by atoms with Crippen molar-refractivity contribution >= 4 is 6.09 Å². The Morgan fingerprint density at radius 2 is 2.00 bits per heavy atom. The van der Waals surface area contributed by atoms with E-state index in [-0.39, 0.29) is 11.5 Å². The molecular weight excluding hydrogens is 312 g/mol. The number of rotatable bonds is 3. The van der Waals surface area contributed by atoms with E-state index in [9.17, 15) is 10.1 Å². The van der Waals surface area contributed by atoms with Gasteiger partial charge in [-0.1, -0.05) is 24.3 Å². The van der Waals surface area contributed by atoms with E-state index in [1.165, 1.54) is 24.0 Å². The first-order valence-electron chi connectivity index (χ1n) is 9.28. The van der Waals surface area contributed by atoms with Gasteiger partial charge < -0.3 is 9.64 Å². The van der Waals surface area contributed by atoms with Crippen molar-refractivity contribution in [3.63, 3.8) is 0 Å². The van der Waals surface area contributed by atoms with Crippen LogP contribution in [0.5, 0.6) is 0 Å². The summed E-state index contributed by atoms with van der Waals surface area (Å²) in [5.41, 5.74) is 1.80. The minimum atomic E-state index is -0.482. The molecule has 0 N–H and O–H groups in total. The molecule has 0 radical (unpaired) electrons. The highest BCUT2D eigenvalue weighted by Gasteiger charge is 2.37. The van der Waals surface area contributed by atoms with E-state index in [1.54, 1.807) is 4.90 Å². The van der Waals surface area contributed by atoms with Gasteiger partial charge >= 0.3 is 6.09 Å². The summed E-state index contributed by atoms with van der Waals surface area (Å²) in [6.45, 7) is 6.80. The number of piperidine rings is 1. The Bertz CT molecular complexity index is 672. The Morgan fingerprint density at radius 3 is 2.56 bits per heavy atom. The molecule has 1 saturated heterocycles. The van der Waals surface area contributed by atoms with E-state index in [1.807, 2.05) is 20.8 Å². The summed E-state index contributed by atoms with van der Waals surface area (Å²) >= 11 is 0. The zero-order chi connectivity index (χ0) is 18.1. The van der Waals surface area contributed by atoms with Crippen LogP contribution in [0.1, 0.15) is 63.5 Å². The Kier molecular flexibility index (Phi) is 4.77. The number of benzene rings is 1. The lowest BCUT2D eigenvalue weighted by molar-refractivity contribution is 0.0148. The highest BCUT2D eigenvalue weighted by Crippen LogP contribution is 2.41. The van der Waals surface area contributed by atoms with Gasteiger partial charge in [-0.05, 0) is 69.9 Å². The second kappa shape index (κ2) is 6.71. The molecule has 2 aliphatic rings. The topological polar surface area (TPSA) is 53.3 Å². The van der Waals surface area contributed by atoms with E-state index in [4.69, 9.17) is 4.74 Å². The number of hydrogen-bond donors (Lipinski definition) is 0. The lowest BCUT2D eigenvalue weighted by atomic mass is 9.75. The summed E-state index contributed by atoms with van der Waals surface area (Å²) < 4.78 is 5.45. The number of carbonyl (C=O) groups is 1. The molecule has 1 heterocycles. The molecule has 0 aromatic heterocycles. The van der Waals surface area contributed by atoms with Crippen LogP contribution in [0.3, 0.4) is 0 Å². The first-order chi connectivity index (χ1) is 11.8. The fraction of sp³-hybridized carbons (Fsp3) is 0.619. The van der Waals surface area contributed by atoms with Gasteiger partial charge in [-0.25, -0.2) is 4.79 Å². The average molecular weight is 340 g/mol. The quantitative estimate of drug-likeness (QED) is 0.805. The maximum atomic E-state index is 12.2. The largest absolute Gasteiger partial charge is 0.444 e. The molecule has 4 heteroatoms. The maximum Gasteiger partial charge on any atom is 0.410 e. The molecule has 2 fully saturated rings. The second-order valence-electron chi connectivity index (χ2n) is 8.56. The van der Waals surface area contributed by atoms with Crippen LogP contribution >= 0.6 is 0 Å². The van der Waals surface area contributed by atoms with Crippen molar-refractivity contribution in [1.82, 2.24) is 4.90 Å². The van der Waals surface area contributed by atoms with Crippen LogP contribution in [0.25, 0.3) is 0 Å². The lowest BCUT2D eigenvalue weighted by Crippen LogP contribution is -2.45. The summed E-state index contributed by atoms with van der Waals surface area (Å²) in [4.78, 5) is 14.0. The van der Waals surface area contributed by atoms with Crippen LogP contribution in [0.4, 0.5) is 4.79 Å². The van der Waals surface area contributed by atoms with Crippen LogP contribution in [0, 0.1) is 16.7 Å². The number of hydrogen-bond acceptors (Lipinski definition) is 3. The molecule has 3 rings (SSSR count). The molecule has 1 saturated carbocycles. The van der Waals surface area contributed by atoms with Gasteiger partial charge in [0.15, 0.2) is 0 Å². The summed E-state index contributed by atoms with van der Waals surface area (Å²) in [5.74, 6) is 0.729. The first-order valence-corrected chi connectivity index (χ1v) is 9.28. The first kappa shape index (κ1) is 17.8. The zero-order valence-electron chi connectivity index (χ0n) is 15.5. The smallest absolute Gasteiger partial charge is 0.410 e. The lowest BCUT2D eigenvalue weighted by Gasteiger charge is -2.38. The normalized spacial score (nSPS) is 20.0. The van der Waals surface area contributed by atoms with Crippen molar-refractivity contribution in [2.45, 2.75) is 64.4 Å². The van der Waals surface area contributed by atoms with E-state index >= 15 is 0 Å². The summed E-state index contributed by atoms with van der Waals surface area (Å²) in [7, 11) is 0. The van der Waals surface area contributed by atoms with Crippen LogP contribution in [0.2, 0.25) is 0 Å². The fourth-order valence-electron chi connectivity index (χ4n) is 3.54. The molecule has 1 aromatic carbocycles. The number of amides is 1. The van der Waals surface area contributed by atoms with Crippen molar-refractivity contribution in [2.75, 3.05) is 13.1 Å². The molecule has 1 aromatic rings. The maximum absolute atomic E-state index is 12.2. The number of carbonyl (C=O) groups excluding carboxylic acids is 1. The van der Waals surface area contributed by atoms with Crippen molar-refractivity contribution in [1.29, 1.82) is 5.26 Å². The monoisotopic (exact) mass is 340 g/mol. The van der Waals surface area contributed by atoms with Gasteiger partial charge in [-0.3, -0.25) is 0 Å². The van der Waals surface area contributed by atoms with Gasteiger partial charge in [-0.2, -0.15) is 5.26 Å². The summed E-state index contributed by atoms with van der Waals surface area (Å²) in [6, 6.07) is 11.3. The van der Waals surface area contributed by atoms with Crippen molar-refractivity contribution in [3.05, 3.63) is 35.4 Å². The SMILES string of the molecule is CC(C)(C)OC(=O)N1CCC(C#N)(Cc2cccc(C3CC3)c2)CC1.